The van der Waals surface area contributed by atoms with E-state index in [1.807, 2.05) is 0 Å². The van der Waals surface area contributed by atoms with Gasteiger partial charge in [0, 0.05) is 25.9 Å². The van der Waals surface area contributed by atoms with E-state index in [4.69, 9.17) is 9.84 Å². The van der Waals surface area contributed by atoms with Crippen LogP contribution in [0.1, 0.15) is 104 Å². The van der Waals surface area contributed by atoms with Crippen LogP contribution in [-0.2, 0) is 14.3 Å². The number of hydrogen-bond acceptors (Lipinski definition) is 4. The molecule has 5 heteroatoms. The van der Waals surface area contributed by atoms with Gasteiger partial charge in [-0.05, 0) is 85.9 Å². The average Bonchev–Trinajstić information content (AvgIpc) is 3.04. The van der Waals surface area contributed by atoms with E-state index in [1.165, 1.54) is 6.42 Å². The zero-order valence-corrected chi connectivity index (χ0v) is 20.2. The molecule has 0 spiro atoms. The maximum atomic E-state index is 12.2. The lowest BCUT2D eigenvalue weighted by molar-refractivity contribution is -0.192. The van der Waals surface area contributed by atoms with E-state index in [9.17, 15) is 14.7 Å². The zero-order chi connectivity index (χ0) is 22.9. The molecule has 4 fully saturated rings. The number of rotatable bonds is 9. The minimum absolute atomic E-state index is 0.0314. The second-order valence-corrected chi connectivity index (χ2v) is 11.9. The van der Waals surface area contributed by atoms with Crippen molar-refractivity contribution in [2.45, 2.75) is 116 Å². The van der Waals surface area contributed by atoms with Gasteiger partial charge < -0.3 is 14.9 Å². The van der Waals surface area contributed by atoms with Crippen LogP contribution in [0.25, 0.3) is 0 Å². The molecule has 0 unspecified atom stereocenters. The normalized spacial score (nSPS) is 43.4. The summed E-state index contributed by atoms with van der Waals surface area (Å²) in [5.41, 5.74) is 0.156. The average molecular weight is 449 g/mol. The van der Waals surface area contributed by atoms with Gasteiger partial charge in [0.05, 0.1) is 12.2 Å². The maximum absolute atomic E-state index is 12.2. The van der Waals surface area contributed by atoms with Gasteiger partial charge in [-0.3, -0.25) is 9.59 Å². The Bertz CT molecular complexity index is 692. The fourth-order valence-corrected chi connectivity index (χ4v) is 8.41. The van der Waals surface area contributed by atoms with Crippen LogP contribution >= 0.6 is 0 Å². The molecule has 182 valence electrons. The molecule has 4 saturated carbocycles. The number of aliphatic hydroxyl groups excluding tert-OH is 1. The number of hydrogen-bond donors (Lipinski definition) is 2. The SMILES string of the molecule is C[C@]12CCC(=O)C[C@@H]1CC[C@@H]1[C@@H]2[C@@H](OCCCCCCCC(=O)O)C[C@]2(C)[C@@H](O)CC[C@@H]12. The van der Waals surface area contributed by atoms with Crippen molar-refractivity contribution in [3.63, 3.8) is 0 Å². The number of carbonyl (C=O) groups is 2. The summed E-state index contributed by atoms with van der Waals surface area (Å²) < 4.78 is 6.67. The van der Waals surface area contributed by atoms with Crippen molar-refractivity contribution in [1.29, 1.82) is 0 Å². The lowest BCUT2D eigenvalue weighted by Crippen LogP contribution is -2.60. The summed E-state index contributed by atoms with van der Waals surface area (Å²) in [5, 5.41) is 19.7. The maximum Gasteiger partial charge on any atom is 0.303 e. The van der Waals surface area contributed by atoms with Crippen LogP contribution in [0, 0.1) is 34.5 Å². The lowest BCUT2D eigenvalue weighted by Gasteiger charge is -2.62. The fourth-order valence-electron chi connectivity index (χ4n) is 8.41. The Balaban J connectivity index is 1.41. The molecule has 2 N–H and O–H groups in total. The summed E-state index contributed by atoms with van der Waals surface area (Å²) >= 11 is 0. The van der Waals surface area contributed by atoms with Gasteiger partial charge in [0.1, 0.15) is 5.78 Å². The Morgan fingerprint density at radius 1 is 1.03 bits per heavy atom. The van der Waals surface area contributed by atoms with Crippen molar-refractivity contribution in [3.05, 3.63) is 0 Å². The molecule has 0 radical (unpaired) electrons. The number of carboxylic acid groups (broad SMARTS) is 1. The molecule has 0 heterocycles. The van der Waals surface area contributed by atoms with Crippen LogP contribution in [-0.4, -0.2) is 40.8 Å². The monoisotopic (exact) mass is 448 g/mol. The molecule has 4 aliphatic carbocycles. The molecule has 0 saturated heterocycles. The highest BCUT2D eigenvalue weighted by atomic mass is 16.5. The molecule has 5 nitrogen and oxygen atoms in total. The smallest absolute Gasteiger partial charge is 0.303 e. The summed E-state index contributed by atoms with van der Waals surface area (Å²) in [6.07, 6.45) is 13.0. The van der Waals surface area contributed by atoms with E-state index in [0.29, 0.717) is 29.5 Å². The molecule has 0 aromatic carbocycles. The second kappa shape index (κ2) is 9.74. The third-order valence-electron chi connectivity index (χ3n) is 10.2. The van der Waals surface area contributed by atoms with Gasteiger partial charge in [-0.1, -0.05) is 33.1 Å². The minimum Gasteiger partial charge on any atom is -0.481 e. The van der Waals surface area contributed by atoms with Crippen LogP contribution < -0.4 is 0 Å². The number of carbonyl (C=O) groups excluding carboxylic acids is 1. The van der Waals surface area contributed by atoms with Crippen molar-refractivity contribution in [2.75, 3.05) is 6.61 Å². The van der Waals surface area contributed by atoms with Crippen LogP contribution in [0.3, 0.4) is 0 Å². The number of unbranched alkanes of at least 4 members (excludes halogenated alkanes) is 4. The summed E-state index contributed by atoms with van der Waals surface area (Å²) in [5.74, 6) is 1.95. The fraction of sp³-hybridized carbons (Fsp3) is 0.926. The number of aliphatic hydroxyl groups is 1. The van der Waals surface area contributed by atoms with Gasteiger partial charge in [0.15, 0.2) is 0 Å². The number of carboxylic acids is 1. The van der Waals surface area contributed by atoms with E-state index in [0.717, 1.165) is 83.7 Å². The first-order valence-electron chi connectivity index (χ1n) is 13.3. The number of Topliss-reactive ketones (excluding diaryl/α,β-unsaturated/α-hetero) is 1. The summed E-state index contributed by atoms with van der Waals surface area (Å²) in [6, 6.07) is 0. The molecule has 0 aliphatic heterocycles. The Kier molecular flexibility index (Phi) is 7.36. The standard InChI is InChI=1S/C27H44O5/c1-26-14-13-19(28)16-18(26)9-10-20-21-11-12-23(29)27(21,2)17-22(25(20)26)32-15-7-5-3-4-6-8-24(30)31/h18,20-23,25,29H,3-17H2,1-2H3,(H,30,31)/t18-,20-,21-,22-,23-,25+,26-,27-/m0/s1. The highest BCUT2D eigenvalue weighted by Crippen LogP contribution is 2.66. The summed E-state index contributed by atoms with van der Waals surface area (Å²) in [7, 11) is 0. The van der Waals surface area contributed by atoms with E-state index < -0.39 is 5.97 Å². The zero-order valence-electron chi connectivity index (χ0n) is 20.2. The van der Waals surface area contributed by atoms with Crippen molar-refractivity contribution < 1.29 is 24.5 Å². The third kappa shape index (κ3) is 4.53. The molecular weight excluding hydrogens is 404 g/mol. The van der Waals surface area contributed by atoms with E-state index in [-0.39, 0.29) is 29.5 Å². The van der Waals surface area contributed by atoms with Crippen molar-refractivity contribution >= 4 is 11.8 Å². The topological polar surface area (TPSA) is 83.8 Å². The quantitative estimate of drug-likeness (QED) is 0.463. The molecule has 0 amide bonds. The first-order valence-corrected chi connectivity index (χ1v) is 13.3. The Labute approximate surface area is 193 Å². The highest BCUT2D eigenvalue weighted by Gasteiger charge is 2.63. The molecule has 4 aliphatic rings. The van der Waals surface area contributed by atoms with Crippen molar-refractivity contribution in [2.24, 2.45) is 34.5 Å². The molecule has 0 bridgehead atoms. The van der Waals surface area contributed by atoms with E-state index in [1.54, 1.807) is 0 Å². The number of aliphatic carboxylic acids is 1. The van der Waals surface area contributed by atoms with Crippen LogP contribution in [0.15, 0.2) is 0 Å². The second-order valence-electron chi connectivity index (χ2n) is 11.9. The van der Waals surface area contributed by atoms with Gasteiger partial charge >= 0.3 is 5.97 Å². The highest BCUT2D eigenvalue weighted by molar-refractivity contribution is 5.79. The van der Waals surface area contributed by atoms with Gasteiger partial charge in [0.25, 0.3) is 0 Å². The molecular formula is C27H44O5. The van der Waals surface area contributed by atoms with Gasteiger partial charge in [-0.2, -0.15) is 0 Å². The van der Waals surface area contributed by atoms with Gasteiger partial charge in [0.2, 0.25) is 0 Å². The number of ether oxygens (including phenoxy) is 1. The predicted octanol–water partition coefficient (Wildman–Crippen LogP) is 5.38. The lowest BCUT2D eigenvalue weighted by atomic mass is 9.44. The van der Waals surface area contributed by atoms with E-state index >= 15 is 0 Å². The number of ketones is 1. The molecule has 32 heavy (non-hydrogen) atoms. The Morgan fingerprint density at radius 3 is 2.56 bits per heavy atom. The van der Waals surface area contributed by atoms with Gasteiger partial charge in [-0.25, -0.2) is 0 Å². The largest absolute Gasteiger partial charge is 0.481 e. The van der Waals surface area contributed by atoms with Crippen LogP contribution in [0.2, 0.25) is 0 Å². The van der Waals surface area contributed by atoms with Crippen molar-refractivity contribution in [1.82, 2.24) is 0 Å². The summed E-state index contributed by atoms with van der Waals surface area (Å²) in [4.78, 5) is 22.9. The van der Waals surface area contributed by atoms with Crippen molar-refractivity contribution in [3.8, 4) is 0 Å². The third-order valence-corrected chi connectivity index (χ3v) is 10.2. The van der Waals surface area contributed by atoms with E-state index in [2.05, 4.69) is 13.8 Å². The Hall–Kier alpha value is -0.940. The molecule has 4 rings (SSSR count). The van der Waals surface area contributed by atoms with Crippen LogP contribution in [0.4, 0.5) is 0 Å². The van der Waals surface area contributed by atoms with Gasteiger partial charge in [-0.15, -0.1) is 0 Å². The molecule has 0 aromatic heterocycles. The number of fused-ring (bicyclic) bond motifs is 5. The first-order chi connectivity index (χ1) is 15.3. The Morgan fingerprint density at radius 2 is 1.78 bits per heavy atom. The molecule has 0 aromatic rings. The predicted molar refractivity (Wildman–Crippen MR) is 123 cm³/mol. The van der Waals surface area contributed by atoms with Crippen LogP contribution in [0.5, 0.6) is 0 Å². The minimum atomic E-state index is -0.704. The first kappa shape index (κ1) is 24.2. The summed E-state index contributed by atoms with van der Waals surface area (Å²) in [6.45, 7) is 5.51. The molecule has 8 atom stereocenters.